The second kappa shape index (κ2) is 7.37. The first kappa shape index (κ1) is 17.1. The van der Waals surface area contributed by atoms with Crippen LogP contribution in [0.25, 0.3) is 11.1 Å². The number of hydrogen-bond donors (Lipinski definition) is 3. The van der Waals surface area contributed by atoms with Crippen LogP contribution < -0.4 is 5.48 Å². The average molecular weight is 315 g/mol. The molecule has 5 heteroatoms. The molecule has 0 spiro atoms. The second-order valence-corrected chi connectivity index (χ2v) is 5.58. The van der Waals surface area contributed by atoms with Gasteiger partial charge in [0.2, 0.25) is 0 Å². The van der Waals surface area contributed by atoms with Gasteiger partial charge < -0.3 is 9.84 Å². The molecule has 0 fully saturated rings. The smallest absolute Gasteiger partial charge is 0.277 e. The molecular formula is C18H21NO4. The van der Waals surface area contributed by atoms with Gasteiger partial charge >= 0.3 is 0 Å². The Morgan fingerprint density at radius 3 is 2.22 bits per heavy atom. The molecule has 23 heavy (non-hydrogen) atoms. The molecule has 0 aliphatic carbocycles. The van der Waals surface area contributed by atoms with Crippen molar-refractivity contribution in [3.63, 3.8) is 0 Å². The molecule has 3 N–H and O–H groups in total. The van der Waals surface area contributed by atoms with Crippen LogP contribution in [0.1, 0.15) is 19.4 Å². The zero-order valence-corrected chi connectivity index (χ0v) is 13.2. The van der Waals surface area contributed by atoms with Crippen molar-refractivity contribution in [1.29, 1.82) is 0 Å². The van der Waals surface area contributed by atoms with Crippen molar-refractivity contribution in [3.8, 4) is 11.1 Å². The third-order valence-corrected chi connectivity index (χ3v) is 3.95. The average Bonchev–Trinajstić information content (AvgIpc) is 2.60. The van der Waals surface area contributed by atoms with Crippen molar-refractivity contribution < 1.29 is 19.8 Å². The molecule has 0 aromatic heterocycles. The van der Waals surface area contributed by atoms with Gasteiger partial charge in [-0.1, -0.05) is 54.6 Å². The molecule has 0 saturated heterocycles. The summed E-state index contributed by atoms with van der Waals surface area (Å²) < 4.78 is 5.55. The van der Waals surface area contributed by atoms with Gasteiger partial charge in [-0.15, -0.1) is 0 Å². The number of aliphatic hydroxyl groups is 1. The van der Waals surface area contributed by atoms with Crippen molar-refractivity contribution in [2.75, 3.05) is 0 Å². The largest absolute Gasteiger partial charge is 0.390 e. The Morgan fingerprint density at radius 2 is 1.70 bits per heavy atom. The van der Waals surface area contributed by atoms with Gasteiger partial charge in [-0.2, -0.15) is 0 Å². The number of nitrogens with one attached hydrogen (secondary N) is 1. The first-order valence-corrected chi connectivity index (χ1v) is 7.38. The number of carbonyl (C=O) groups excluding carboxylic acids is 1. The fourth-order valence-corrected chi connectivity index (χ4v) is 2.14. The summed E-state index contributed by atoms with van der Waals surface area (Å²) in [6, 6.07) is 17.7. The molecule has 122 valence electrons. The summed E-state index contributed by atoms with van der Waals surface area (Å²) in [5.74, 6) is -0.784. The highest BCUT2D eigenvalue weighted by Crippen LogP contribution is 2.22. The quantitative estimate of drug-likeness (QED) is 0.565. The normalized spacial score (nSPS) is 14.8. The van der Waals surface area contributed by atoms with E-state index in [1.54, 1.807) is 0 Å². The summed E-state index contributed by atoms with van der Waals surface area (Å²) in [5.41, 5.74) is 3.08. The summed E-state index contributed by atoms with van der Waals surface area (Å²) in [6.07, 6.45) is -1.07. The highest BCUT2D eigenvalue weighted by Gasteiger charge is 2.39. The molecule has 2 aromatic carbocycles. The lowest BCUT2D eigenvalue weighted by atomic mass is 9.99. The molecule has 0 bridgehead atoms. The van der Waals surface area contributed by atoms with Crippen LogP contribution in [0.3, 0.4) is 0 Å². The maximum Gasteiger partial charge on any atom is 0.277 e. The first-order valence-electron chi connectivity index (χ1n) is 7.38. The third kappa shape index (κ3) is 3.96. The van der Waals surface area contributed by atoms with Crippen molar-refractivity contribution in [2.45, 2.75) is 32.2 Å². The number of carbonyl (C=O) groups is 1. The maximum atomic E-state index is 11.7. The highest BCUT2D eigenvalue weighted by molar-refractivity contribution is 5.84. The summed E-state index contributed by atoms with van der Waals surface area (Å²) in [6.45, 7) is 3.01. The van der Waals surface area contributed by atoms with E-state index in [0.717, 1.165) is 16.7 Å². The summed E-state index contributed by atoms with van der Waals surface area (Å²) >= 11 is 0. The van der Waals surface area contributed by atoms with Crippen LogP contribution in [0, 0.1) is 0 Å². The molecule has 0 aliphatic rings. The van der Waals surface area contributed by atoms with E-state index in [9.17, 15) is 9.90 Å². The van der Waals surface area contributed by atoms with Crippen LogP contribution in [-0.2, 0) is 16.1 Å². The van der Waals surface area contributed by atoms with E-state index in [1.807, 2.05) is 54.6 Å². The monoisotopic (exact) mass is 315 g/mol. The Morgan fingerprint density at radius 1 is 1.13 bits per heavy atom. The Hall–Kier alpha value is -2.21. The number of benzene rings is 2. The van der Waals surface area contributed by atoms with Gasteiger partial charge in [-0.3, -0.25) is 10.0 Å². The van der Waals surface area contributed by atoms with Crippen LogP contribution in [0.4, 0.5) is 0 Å². The predicted octanol–water partition coefficient (Wildman–Crippen LogP) is 2.52. The minimum atomic E-state index is -1.52. The molecule has 0 saturated carbocycles. The molecule has 0 heterocycles. The second-order valence-electron chi connectivity index (χ2n) is 5.58. The van der Waals surface area contributed by atoms with Crippen LogP contribution in [0.5, 0.6) is 0 Å². The van der Waals surface area contributed by atoms with E-state index in [-0.39, 0.29) is 6.61 Å². The molecule has 0 radical (unpaired) electrons. The van der Waals surface area contributed by atoms with E-state index in [1.165, 1.54) is 19.3 Å². The number of ether oxygens (including phenoxy) is 1. The van der Waals surface area contributed by atoms with Crippen LogP contribution in [0.2, 0.25) is 0 Å². The molecule has 5 nitrogen and oxygen atoms in total. The van der Waals surface area contributed by atoms with E-state index >= 15 is 0 Å². The Labute approximate surface area is 135 Å². The van der Waals surface area contributed by atoms with Crippen LogP contribution in [0.15, 0.2) is 54.6 Å². The summed E-state index contributed by atoms with van der Waals surface area (Å²) in [5, 5.41) is 18.5. The topological polar surface area (TPSA) is 78.8 Å². The lowest BCUT2D eigenvalue weighted by Crippen LogP contribution is -2.52. The summed E-state index contributed by atoms with van der Waals surface area (Å²) in [4.78, 5) is 11.7. The van der Waals surface area contributed by atoms with Crippen molar-refractivity contribution in [1.82, 2.24) is 5.48 Å². The van der Waals surface area contributed by atoms with Gasteiger partial charge in [0.05, 0.1) is 12.7 Å². The molecular weight excluding hydrogens is 294 g/mol. The van der Waals surface area contributed by atoms with Crippen LogP contribution in [-0.4, -0.2) is 27.9 Å². The fourth-order valence-electron chi connectivity index (χ4n) is 2.14. The fraction of sp³-hybridized carbons (Fsp3) is 0.278. The maximum absolute atomic E-state index is 11.7. The number of rotatable bonds is 6. The molecule has 2 rings (SSSR count). The molecule has 2 atom stereocenters. The van der Waals surface area contributed by atoms with Gasteiger partial charge in [0.15, 0.2) is 5.60 Å². The van der Waals surface area contributed by atoms with Gasteiger partial charge in [0.25, 0.3) is 5.91 Å². The summed E-state index contributed by atoms with van der Waals surface area (Å²) in [7, 11) is 0. The molecule has 0 aliphatic heterocycles. The third-order valence-electron chi connectivity index (χ3n) is 3.95. The zero-order valence-electron chi connectivity index (χ0n) is 13.2. The Kier molecular flexibility index (Phi) is 5.50. The van der Waals surface area contributed by atoms with Gasteiger partial charge in [0.1, 0.15) is 0 Å². The molecule has 1 amide bonds. The van der Waals surface area contributed by atoms with E-state index in [4.69, 9.17) is 9.94 Å². The van der Waals surface area contributed by atoms with Gasteiger partial charge in [-0.05, 0) is 30.5 Å². The van der Waals surface area contributed by atoms with E-state index in [2.05, 4.69) is 0 Å². The number of aliphatic hydroxyl groups excluding tert-OH is 1. The minimum absolute atomic E-state index is 0.143. The zero-order chi connectivity index (χ0) is 16.9. The molecule has 0 unspecified atom stereocenters. The lowest BCUT2D eigenvalue weighted by molar-refractivity contribution is -0.170. The van der Waals surface area contributed by atoms with Crippen molar-refractivity contribution in [2.24, 2.45) is 0 Å². The Balaban J connectivity index is 2.08. The van der Waals surface area contributed by atoms with Crippen molar-refractivity contribution >= 4 is 5.91 Å². The van der Waals surface area contributed by atoms with E-state index in [0.29, 0.717) is 0 Å². The standard InChI is InChI=1S/C18H21NO4/c1-13(20)18(2,17(21)19-22)23-12-14-8-10-16(11-9-14)15-6-4-3-5-7-15/h3-11,13,20,22H,12H2,1-2H3,(H,19,21)/t13-,18-/m0/s1. The molecule has 2 aromatic rings. The predicted molar refractivity (Wildman–Crippen MR) is 86.7 cm³/mol. The SMILES string of the molecule is C[C@H](O)[C@](C)(OCc1ccc(-c2ccccc2)cc1)C(=O)NO. The van der Waals surface area contributed by atoms with E-state index < -0.39 is 17.6 Å². The Bertz CT molecular complexity index is 640. The number of hydroxylamine groups is 1. The van der Waals surface area contributed by atoms with Crippen molar-refractivity contribution in [3.05, 3.63) is 60.2 Å². The first-order chi connectivity index (χ1) is 11.0. The van der Waals surface area contributed by atoms with Gasteiger partial charge in [0, 0.05) is 0 Å². The highest BCUT2D eigenvalue weighted by atomic mass is 16.5. The van der Waals surface area contributed by atoms with Gasteiger partial charge in [-0.25, -0.2) is 5.48 Å². The minimum Gasteiger partial charge on any atom is -0.390 e. The number of amides is 1. The van der Waals surface area contributed by atoms with Crippen LogP contribution >= 0.6 is 0 Å². The number of hydrogen-bond acceptors (Lipinski definition) is 4. The lowest BCUT2D eigenvalue weighted by Gasteiger charge is -2.30.